The van der Waals surface area contributed by atoms with E-state index in [0.717, 1.165) is 16.7 Å². The fraction of sp³-hybridized carbons (Fsp3) is 0.364. The van der Waals surface area contributed by atoms with Crippen molar-refractivity contribution in [1.29, 1.82) is 0 Å². The van der Waals surface area contributed by atoms with Crippen molar-refractivity contribution in [3.63, 3.8) is 0 Å². The number of carbonyl (C=O) groups excluding carboxylic acids is 1. The van der Waals surface area contributed by atoms with Crippen LogP contribution in [0.5, 0.6) is 11.5 Å². The van der Waals surface area contributed by atoms with Crippen LogP contribution in [0.15, 0.2) is 40.8 Å². The summed E-state index contributed by atoms with van der Waals surface area (Å²) in [5, 5.41) is 2.58. The summed E-state index contributed by atoms with van der Waals surface area (Å²) in [7, 11) is 3.11. The topological polar surface area (TPSA) is 129 Å². The molecule has 1 unspecified atom stereocenters. The van der Waals surface area contributed by atoms with Gasteiger partial charge < -0.3 is 25.7 Å². The first-order valence-electron chi connectivity index (χ1n) is 9.85. The molecule has 8 nitrogen and oxygen atoms in total. The van der Waals surface area contributed by atoms with E-state index < -0.39 is 11.3 Å². The first-order chi connectivity index (χ1) is 14.8. The van der Waals surface area contributed by atoms with Crippen molar-refractivity contribution in [2.75, 3.05) is 20.7 Å². The third-order valence-corrected chi connectivity index (χ3v) is 5.12. The second kappa shape index (κ2) is 13.4. The molecule has 5 N–H and O–H groups in total. The highest BCUT2D eigenvalue weighted by atomic mass is 32.2. The maximum absolute atomic E-state index is 12.4. The van der Waals surface area contributed by atoms with Gasteiger partial charge >= 0.3 is 11.3 Å². The molecular formula is C22H32N4O4S. The van der Waals surface area contributed by atoms with E-state index in [4.69, 9.17) is 14.7 Å². The summed E-state index contributed by atoms with van der Waals surface area (Å²) < 4.78 is 27.7. The zero-order valence-electron chi connectivity index (χ0n) is 18.7. The molecule has 0 aliphatic carbocycles. The van der Waals surface area contributed by atoms with E-state index in [2.05, 4.69) is 15.4 Å². The van der Waals surface area contributed by atoms with Gasteiger partial charge in [0.15, 0.2) is 0 Å². The number of benzene rings is 2. The first-order valence-corrected chi connectivity index (χ1v) is 10.9. The molecule has 2 aromatic carbocycles. The number of amides is 1. The molecular weight excluding hydrogens is 416 g/mol. The third-order valence-electron chi connectivity index (χ3n) is 4.46. The Morgan fingerprint density at radius 2 is 1.77 bits per heavy atom. The third kappa shape index (κ3) is 8.03. The molecule has 170 valence electrons. The number of aryl methyl sites for hydroxylation is 1. The molecule has 0 aromatic heterocycles. The maximum Gasteiger partial charge on any atom is 0.340 e. The average molecular weight is 449 g/mol. The quantitative estimate of drug-likeness (QED) is 0.307. The predicted octanol–water partition coefficient (Wildman–Crippen LogP) is 2.45. The number of ether oxygens (including phenoxy) is 1. The normalized spacial score (nSPS) is 11.7. The summed E-state index contributed by atoms with van der Waals surface area (Å²) >= 11 is -1.97. The van der Waals surface area contributed by atoms with Crippen molar-refractivity contribution < 1.29 is 17.9 Å². The highest BCUT2D eigenvalue weighted by Gasteiger charge is 2.15. The number of carbonyl (C=O) groups is 1. The number of nitrogens with zero attached hydrogens (tertiary/aromatic N) is 1. The Hall–Kier alpha value is -2.91. The lowest BCUT2D eigenvalue weighted by Crippen LogP contribution is -2.18. The van der Waals surface area contributed by atoms with Gasteiger partial charge in [0.05, 0.1) is 6.61 Å². The molecule has 1 amide bonds. The van der Waals surface area contributed by atoms with Gasteiger partial charge in [0, 0.05) is 19.0 Å². The van der Waals surface area contributed by atoms with Crippen LogP contribution in [-0.4, -0.2) is 36.7 Å². The van der Waals surface area contributed by atoms with Gasteiger partial charge in [-0.2, -0.15) is 4.21 Å². The molecule has 0 aliphatic rings. The lowest BCUT2D eigenvalue weighted by Gasteiger charge is -2.16. The van der Waals surface area contributed by atoms with Crippen LogP contribution in [0.3, 0.4) is 0 Å². The fourth-order valence-electron chi connectivity index (χ4n) is 2.67. The fourth-order valence-corrected chi connectivity index (χ4v) is 3.37. The lowest BCUT2D eigenvalue weighted by molar-refractivity contribution is -0.120. The second-order valence-electron chi connectivity index (χ2n) is 6.54. The minimum absolute atomic E-state index is 0.0146. The average Bonchev–Trinajstić information content (AvgIpc) is 2.79. The van der Waals surface area contributed by atoms with E-state index in [1.165, 1.54) is 7.05 Å². The Morgan fingerprint density at radius 1 is 1.13 bits per heavy atom. The highest BCUT2D eigenvalue weighted by molar-refractivity contribution is 7.79. The van der Waals surface area contributed by atoms with Crippen LogP contribution in [0, 0.1) is 20.8 Å². The monoisotopic (exact) mass is 448 g/mol. The van der Waals surface area contributed by atoms with E-state index in [1.54, 1.807) is 19.2 Å². The van der Waals surface area contributed by atoms with Gasteiger partial charge in [-0.3, -0.25) is 4.79 Å². The van der Waals surface area contributed by atoms with Crippen molar-refractivity contribution in [3.05, 3.63) is 58.7 Å². The molecule has 0 aliphatic heterocycles. The number of nitrogens with one attached hydrogen (secondary N) is 1. The molecule has 0 fully saturated rings. The van der Waals surface area contributed by atoms with Gasteiger partial charge in [0.1, 0.15) is 17.3 Å². The van der Waals surface area contributed by atoms with E-state index in [9.17, 15) is 9.00 Å². The maximum atomic E-state index is 12.4. The molecule has 0 radical (unpaired) electrons. The van der Waals surface area contributed by atoms with Gasteiger partial charge in [0.25, 0.3) is 0 Å². The second-order valence-corrected chi connectivity index (χ2v) is 7.32. The molecule has 0 saturated heterocycles. The Labute approximate surface area is 186 Å². The van der Waals surface area contributed by atoms with Crippen LogP contribution in [0.1, 0.15) is 35.1 Å². The number of hydrogen-bond acceptors (Lipinski definition) is 5. The molecule has 0 spiro atoms. The number of amidine groups is 1. The van der Waals surface area contributed by atoms with Gasteiger partial charge in [-0.1, -0.05) is 30.3 Å². The standard InChI is InChI=1S/C21H27N3O4S.CH5N/c1-14-13-18(27-12-8-11-19(25)23-4)15(2)16(3)20(14)28-29(26)24-21(22)17-9-6-5-7-10-17;1-2/h5-7,9-10,13H,8,11-12H2,1-4H3,(H2,22,24)(H,23,25);2H2,1H3. The van der Waals surface area contributed by atoms with Gasteiger partial charge in [-0.15, -0.1) is 4.40 Å². The van der Waals surface area contributed by atoms with Gasteiger partial charge in [0.2, 0.25) is 5.91 Å². The van der Waals surface area contributed by atoms with Crippen LogP contribution in [0.25, 0.3) is 0 Å². The van der Waals surface area contributed by atoms with E-state index in [0.29, 0.717) is 36.5 Å². The Morgan fingerprint density at radius 3 is 2.39 bits per heavy atom. The minimum Gasteiger partial charge on any atom is -0.493 e. The van der Waals surface area contributed by atoms with Gasteiger partial charge in [-0.05, 0) is 57.0 Å². The summed E-state index contributed by atoms with van der Waals surface area (Å²) in [5.41, 5.74) is 13.5. The molecule has 0 bridgehead atoms. The number of hydrogen-bond donors (Lipinski definition) is 3. The van der Waals surface area contributed by atoms with Crippen LogP contribution < -0.4 is 25.7 Å². The van der Waals surface area contributed by atoms with Crippen molar-refractivity contribution in [2.24, 2.45) is 15.9 Å². The first kappa shape index (κ1) is 26.1. The molecule has 0 heterocycles. The Bertz CT molecular complexity index is 917. The van der Waals surface area contributed by atoms with Crippen molar-refractivity contribution in [3.8, 4) is 11.5 Å². The molecule has 1 atom stereocenters. The van der Waals surface area contributed by atoms with Crippen LogP contribution >= 0.6 is 0 Å². The van der Waals surface area contributed by atoms with Crippen molar-refractivity contribution in [2.45, 2.75) is 33.6 Å². The van der Waals surface area contributed by atoms with Crippen LogP contribution in [-0.2, 0) is 16.1 Å². The lowest BCUT2D eigenvalue weighted by atomic mass is 10.0. The van der Waals surface area contributed by atoms with Crippen LogP contribution in [0.4, 0.5) is 0 Å². The van der Waals surface area contributed by atoms with Crippen LogP contribution in [0.2, 0.25) is 0 Å². The smallest absolute Gasteiger partial charge is 0.340 e. The van der Waals surface area contributed by atoms with E-state index in [-0.39, 0.29) is 11.7 Å². The summed E-state index contributed by atoms with van der Waals surface area (Å²) in [5.74, 6) is 1.33. The van der Waals surface area contributed by atoms with Crippen molar-refractivity contribution in [1.82, 2.24) is 5.32 Å². The van der Waals surface area contributed by atoms with Crippen molar-refractivity contribution >= 4 is 23.0 Å². The Balaban J connectivity index is 0.00000233. The zero-order valence-corrected chi connectivity index (χ0v) is 19.5. The summed E-state index contributed by atoms with van der Waals surface area (Å²) in [6.45, 7) is 6.05. The summed E-state index contributed by atoms with van der Waals surface area (Å²) in [6, 6.07) is 10.9. The number of nitrogens with two attached hydrogens (primary N) is 2. The molecule has 0 saturated carbocycles. The predicted molar refractivity (Wildman–Crippen MR) is 125 cm³/mol. The van der Waals surface area contributed by atoms with E-state index in [1.807, 2.05) is 45.0 Å². The zero-order chi connectivity index (χ0) is 23.4. The molecule has 9 heteroatoms. The molecule has 2 aromatic rings. The minimum atomic E-state index is -1.97. The van der Waals surface area contributed by atoms with E-state index >= 15 is 0 Å². The molecule has 31 heavy (non-hydrogen) atoms. The van der Waals surface area contributed by atoms with Gasteiger partial charge in [-0.25, -0.2) is 0 Å². The summed E-state index contributed by atoms with van der Waals surface area (Å²) in [6.07, 6.45) is 1.03. The SMILES string of the molecule is CN.CNC(=O)CCCOc1cc(C)c(OS(=O)N=C(N)c2ccccc2)c(C)c1C. The largest absolute Gasteiger partial charge is 0.493 e. The Kier molecular flexibility index (Phi) is 11.3. The molecule has 2 rings (SSSR count). The highest BCUT2D eigenvalue weighted by Crippen LogP contribution is 2.33. The summed E-state index contributed by atoms with van der Waals surface area (Å²) in [4.78, 5) is 11.3. The number of rotatable bonds is 9.